The maximum absolute atomic E-state index is 8.91. The van der Waals surface area contributed by atoms with Gasteiger partial charge in [-0.15, -0.1) is 0 Å². The third-order valence-corrected chi connectivity index (χ3v) is 3.83. The van der Waals surface area contributed by atoms with Crippen LogP contribution < -0.4 is 0 Å². The predicted molar refractivity (Wildman–Crippen MR) is 100 cm³/mol. The van der Waals surface area contributed by atoms with Crippen LogP contribution in [-0.4, -0.2) is 49.8 Å². The molecule has 0 bridgehead atoms. The molecule has 0 saturated heterocycles. The minimum absolute atomic E-state index is 0.151. The fourth-order valence-electron chi connectivity index (χ4n) is 2.31. The SMILES string of the molecule is CC(CC#N)OCC(OC(C)CC#N)C(COC(C)CC#N)OC(C)CC#N. The fraction of sp³-hybridized carbons (Fsp3) is 0.800. The van der Waals surface area contributed by atoms with Crippen LogP contribution in [0.25, 0.3) is 0 Å². The maximum Gasteiger partial charge on any atom is 0.110 e. The standard InChI is InChI=1S/C20H30N4O4/c1-15(5-9-21)25-13-19(27-17(3)7-11-23)20(28-18(4)8-12-24)14-26-16(2)6-10-22/h15-20H,5-8,13-14H2,1-4H3. The summed E-state index contributed by atoms with van der Waals surface area (Å²) in [6.07, 6.45) is -1.47. The summed E-state index contributed by atoms with van der Waals surface area (Å²) in [7, 11) is 0. The molecule has 0 aromatic rings. The Morgan fingerprint density at radius 2 is 0.821 bits per heavy atom. The predicted octanol–water partition coefficient (Wildman–Crippen LogP) is 3.00. The van der Waals surface area contributed by atoms with Gasteiger partial charge in [-0.2, -0.15) is 21.0 Å². The lowest BCUT2D eigenvalue weighted by atomic mass is 10.1. The van der Waals surface area contributed by atoms with Crippen molar-refractivity contribution in [1.29, 1.82) is 21.0 Å². The zero-order chi connectivity index (χ0) is 21.4. The van der Waals surface area contributed by atoms with Gasteiger partial charge in [-0.1, -0.05) is 0 Å². The van der Waals surface area contributed by atoms with Gasteiger partial charge in [-0.25, -0.2) is 0 Å². The Kier molecular flexibility index (Phi) is 14.6. The fourth-order valence-corrected chi connectivity index (χ4v) is 2.31. The molecule has 0 amide bonds. The highest BCUT2D eigenvalue weighted by molar-refractivity contribution is 4.82. The van der Waals surface area contributed by atoms with Gasteiger partial charge < -0.3 is 18.9 Å². The van der Waals surface area contributed by atoms with Crippen molar-refractivity contribution in [2.24, 2.45) is 0 Å². The molecule has 8 nitrogen and oxygen atoms in total. The average molecular weight is 390 g/mol. The van der Waals surface area contributed by atoms with Gasteiger partial charge in [0.1, 0.15) is 12.2 Å². The van der Waals surface area contributed by atoms with Crippen LogP contribution in [0.2, 0.25) is 0 Å². The van der Waals surface area contributed by atoms with Crippen molar-refractivity contribution in [3.05, 3.63) is 0 Å². The van der Waals surface area contributed by atoms with Gasteiger partial charge in [0.25, 0.3) is 0 Å². The lowest BCUT2D eigenvalue weighted by Gasteiger charge is -2.32. The van der Waals surface area contributed by atoms with E-state index >= 15 is 0 Å². The Hall–Kier alpha value is -2.20. The number of hydrogen-bond donors (Lipinski definition) is 0. The second-order valence-electron chi connectivity index (χ2n) is 6.71. The van der Waals surface area contributed by atoms with Gasteiger partial charge in [0, 0.05) is 0 Å². The van der Waals surface area contributed by atoms with Crippen LogP contribution in [0.5, 0.6) is 0 Å². The summed E-state index contributed by atoms with van der Waals surface area (Å²) in [5, 5.41) is 35.4. The van der Waals surface area contributed by atoms with E-state index in [0.29, 0.717) is 0 Å². The third-order valence-electron chi connectivity index (χ3n) is 3.83. The zero-order valence-electron chi connectivity index (χ0n) is 17.1. The van der Waals surface area contributed by atoms with E-state index in [4.69, 9.17) is 40.0 Å². The van der Waals surface area contributed by atoms with E-state index in [0.717, 1.165) is 0 Å². The average Bonchev–Trinajstić information content (AvgIpc) is 2.63. The summed E-state index contributed by atoms with van der Waals surface area (Å²) in [5.74, 6) is 0. The van der Waals surface area contributed by atoms with Gasteiger partial charge in [-0.3, -0.25) is 0 Å². The van der Waals surface area contributed by atoms with Crippen molar-refractivity contribution in [2.75, 3.05) is 13.2 Å². The molecule has 28 heavy (non-hydrogen) atoms. The Morgan fingerprint density at radius 1 is 0.536 bits per heavy atom. The highest BCUT2D eigenvalue weighted by atomic mass is 16.6. The minimum Gasteiger partial charge on any atom is -0.375 e. The molecule has 0 radical (unpaired) electrons. The molecule has 0 aliphatic rings. The van der Waals surface area contributed by atoms with E-state index in [9.17, 15) is 0 Å². The van der Waals surface area contributed by atoms with Gasteiger partial charge in [-0.05, 0) is 27.7 Å². The highest BCUT2D eigenvalue weighted by Gasteiger charge is 2.29. The lowest BCUT2D eigenvalue weighted by Crippen LogP contribution is -2.43. The second kappa shape index (κ2) is 15.8. The highest BCUT2D eigenvalue weighted by Crippen LogP contribution is 2.16. The molecule has 6 unspecified atom stereocenters. The second-order valence-corrected chi connectivity index (χ2v) is 6.71. The number of nitriles is 4. The first-order valence-electron chi connectivity index (χ1n) is 9.39. The smallest absolute Gasteiger partial charge is 0.110 e. The van der Waals surface area contributed by atoms with Gasteiger partial charge in [0.2, 0.25) is 0 Å². The molecule has 8 heteroatoms. The van der Waals surface area contributed by atoms with Crippen LogP contribution in [-0.2, 0) is 18.9 Å². The van der Waals surface area contributed by atoms with E-state index in [1.165, 1.54) is 0 Å². The summed E-state index contributed by atoms with van der Waals surface area (Å²) in [6, 6.07) is 8.24. The zero-order valence-corrected chi connectivity index (χ0v) is 17.1. The molecule has 0 aromatic heterocycles. The lowest BCUT2D eigenvalue weighted by molar-refractivity contribution is -0.166. The molecule has 6 atom stereocenters. The molecule has 0 spiro atoms. The molecular formula is C20H30N4O4. The van der Waals surface area contributed by atoms with Crippen molar-refractivity contribution < 1.29 is 18.9 Å². The topological polar surface area (TPSA) is 132 Å². The Morgan fingerprint density at radius 3 is 1.11 bits per heavy atom. The summed E-state index contributed by atoms with van der Waals surface area (Å²) < 4.78 is 23.4. The number of ether oxygens (including phenoxy) is 4. The molecule has 0 rings (SSSR count). The van der Waals surface area contributed by atoms with Crippen LogP contribution in [0.15, 0.2) is 0 Å². The van der Waals surface area contributed by atoms with Gasteiger partial charge in [0.05, 0.1) is 87.6 Å². The molecule has 0 aromatic carbocycles. The first-order chi connectivity index (χ1) is 13.4. The van der Waals surface area contributed by atoms with Crippen LogP contribution in [0, 0.1) is 45.3 Å². The molecule has 0 saturated carbocycles. The summed E-state index contributed by atoms with van der Waals surface area (Å²) >= 11 is 0. The van der Waals surface area contributed by atoms with Crippen molar-refractivity contribution in [1.82, 2.24) is 0 Å². The molecule has 0 fully saturated rings. The normalized spacial score (nSPS) is 17.0. The van der Waals surface area contributed by atoms with Crippen LogP contribution >= 0.6 is 0 Å². The quantitative estimate of drug-likeness (QED) is 0.417. The molecule has 0 N–H and O–H groups in total. The number of nitrogens with zero attached hydrogens (tertiary/aromatic N) is 4. The molecule has 0 heterocycles. The van der Waals surface area contributed by atoms with Gasteiger partial charge in [0.15, 0.2) is 0 Å². The number of hydrogen-bond acceptors (Lipinski definition) is 8. The first-order valence-corrected chi connectivity index (χ1v) is 9.39. The molecular weight excluding hydrogens is 360 g/mol. The van der Waals surface area contributed by atoms with E-state index in [2.05, 4.69) is 24.3 Å². The van der Waals surface area contributed by atoms with Crippen LogP contribution in [0.1, 0.15) is 53.4 Å². The largest absolute Gasteiger partial charge is 0.375 e. The summed E-state index contributed by atoms with van der Waals surface area (Å²) in [4.78, 5) is 0. The Labute approximate surface area is 168 Å². The van der Waals surface area contributed by atoms with E-state index in [-0.39, 0.29) is 63.3 Å². The Balaban J connectivity index is 5.25. The van der Waals surface area contributed by atoms with Crippen LogP contribution in [0.3, 0.4) is 0 Å². The molecule has 0 aliphatic carbocycles. The number of rotatable bonds is 15. The monoisotopic (exact) mass is 390 g/mol. The van der Waals surface area contributed by atoms with Gasteiger partial charge >= 0.3 is 0 Å². The summed E-state index contributed by atoms with van der Waals surface area (Å²) in [5.41, 5.74) is 0. The van der Waals surface area contributed by atoms with Crippen LogP contribution in [0.4, 0.5) is 0 Å². The molecule has 154 valence electrons. The van der Waals surface area contributed by atoms with Crippen molar-refractivity contribution in [3.63, 3.8) is 0 Å². The Bertz CT molecular complexity index is 535. The van der Waals surface area contributed by atoms with E-state index in [1.807, 2.05) is 0 Å². The minimum atomic E-state index is -0.556. The van der Waals surface area contributed by atoms with Crippen molar-refractivity contribution in [3.8, 4) is 24.3 Å². The summed E-state index contributed by atoms with van der Waals surface area (Å²) in [6.45, 7) is 7.45. The van der Waals surface area contributed by atoms with E-state index in [1.54, 1.807) is 27.7 Å². The van der Waals surface area contributed by atoms with E-state index < -0.39 is 12.2 Å². The molecule has 0 aliphatic heterocycles. The maximum atomic E-state index is 8.91. The first kappa shape index (κ1) is 25.8. The van der Waals surface area contributed by atoms with Crippen molar-refractivity contribution >= 4 is 0 Å². The third kappa shape index (κ3) is 12.2. The van der Waals surface area contributed by atoms with Crippen molar-refractivity contribution in [2.45, 2.75) is 90.0 Å².